The molecule has 1 heterocycles. The highest BCUT2D eigenvalue weighted by atomic mass is 14.9. The van der Waals surface area contributed by atoms with Crippen LogP contribution in [0.1, 0.15) is 31.9 Å². The maximum Gasteiger partial charge on any atom is 0.127 e. The van der Waals surface area contributed by atoms with Crippen LogP contribution in [0.25, 0.3) is 0 Å². The Labute approximate surface area is 85.1 Å². The lowest BCUT2D eigenvalue weighted by Gasteiger charge is -2.14. The number of amidine groups is 1. The molecule has 3 heteroatoms. The Kier molecular flexibility index (Phi) is 2.89. The van der Waals surface area contributed by atoms with Crippen LogP contribution in [0.2, 0.25) is 0 Å². The van der Waals surface area contributed by atoms with Gasteiger partial charge in [0.1, 0.15) is 5.84 Å². The largest absolute Gasteiger partial charge is 0.383 e. The third kappa shape index (κ3) is 2.83. The number of nitrogens with zero attached hydrogens (tertiary/aromatic N) is 2. The van der Waals surface area contributed by atoms with E-state index < -0.39 is 0 Å². The van der Waals surface area contributed by atoms with Crippen molar-refractivity contribution in [3.05, 3.63) is 29.6 Å². The summed E-state index contributed by atoms with van der Waals surface area (Å²) in [7, 11) is 0. The van der Waals surface area contributed by atoms with Crippen molar-refractivity contribution in [2.45, 2.75) is 33.2 Å². The van der Waals surface area contributed by atoms with Crippen LogP contribution in [-0.2, 0) is 0 Å². The second-order valence-corrected chi connectivity index (χ2v) is 4.36. The predicted molar refractivity (Wildman–Crippen MR) is 59.5 cm³/mol. The first-order valence-electron chi connectivity index (χ1n) is 4.66. The predicted octanol–water partition coefficient (Wildman–Crippen LogP) is 1.89. The van der Waals surface area contributed by atoms with Crippen molar-refractivity contribution in [3.8, 4) is 0 Å². The molecule has 1 aromatic heterocycles. The van der Waals surface area contributed by atoms with Gasteiger partial charge in [0.15, 0.2) is 0 Å². The van der Waals surface area contributed by atoms with Gasteiger partial charge in [-0.05, 0) is 39.3 Å². The lowest BCUT2D eigenvalue weighted by molar-refractivity contribution is 0.583. The molecule has 0 unspecified atom stereocenters. The van der Waals surface area contributed by atoms with Crippen LogP contribution >= 0.6 is 0 Å². The summed E-state index contributed by atoms with van der Waals surface area (Å²) in [6.07, 6.45) is 3.50. The molecule has 76 valence electrons. The number of aromatic nitrogens is 1. The van der Waals surface area contributed by atoms with Gasteiger partial charge in [0.2, 0.25) is 0 Å². The third-order valence-corrected chi connectivity index (χ3v) is 1.77. The van der Waals surface area contributed by atoms with Gasteiger partial charge in [0, 0.05) is 18.0 Å². The first-order chi connectivity index (χ1) is 6.40. The van der Waals surface area contributed by atoms with Crippen LogP contribution in [0.3, 0.4) is 0 Å². The molecule has 2 N–H and O–H groups in total. The van der Waals surface area contributed by atoms with Crippen LogP contribution in [0.15, 0.2) is 23.5 Å². The van der Waals surface area contributed by atoms with Crippen molar-refractivity contribution < 1.29 is 0 Å². The van der Waals surface area contributed by atoms with Crippen LogP contribution in [0.5, 0.6) is 0 Å². The first-order valence-corrected chi connectivity index (χ1v) is 4.66. The van der Waals surface area contributed by atoms with Crippen LogP contribution in [0, 0.1) is 6.92 Å². The van der Waals surface area contributed by atoms with Gasteiger partial charge in [0.05, 0.1) is 5.54 Å². The maximum atomic E-state index is 5.89. The molecule has 14 heavy (non-hydrogen) atoms. The van der Waals surface area contributed by atoms with Crippen LogP contribution in [-0.4, -0.2) is 16.4 Å². The van der Waals surface area contributed by atoms with E-state index in [1.165, 1.54) is 0 Å². The van der Waals surface area contributed by atoms with Crippen molar-refractivity contribution in [1.29, 1.82) is 0 Å². The molecule has 0 aliphatic carbocycles. The zero-order valence-corrected chi connectivity index (χ0v) is 9.20. The highest BCUT2D eigenvalue weighted by Gasteiger charge is 2.10. The highest BCUT2D eigenvalue weighted by molar-refractivity contribution is 5.98. The van der Waals surface area contributed by atoms with Gasteiger partial charge in [-0.3, -0.25) is 9.98 Å². The molecule has 0 saturated carbocycles. The summed E-state index contributed by atoms with van der Waals surface area (Å²) >= 11 is 0. The summed E-state index contributed by atoms with van der Waals surface area (Å²) in [6.45, 7) is 8.06. The lowest BCUT2D eigenvalue weighted by Crippen LogP contribution is -2.22. The quantitative estimate of drug-likeness (QED) is 0.544. The number of hydrogen-bond acceptors (Lipinski definition) is 2. The molecule has 0 aliphatic heterocycles. The molecule has 0 aliphatic rings. The number of rotatable bonds is 1. The minimum atomic E-state index is -0.146. The van der Waals surface area contributed by atoms with Crippen molar-refractivity contribution in [2.24, 2.45) is 10.7 Å². The molecule has 0 atom stereocenters. The minimum absolute atomic E-state index is 0.146. The summed E-state index contributed by atoms with van der Waals surface area (Å²) < 4.78 is 0. The first kappa shape index (κ1) is 10.7. The van der Waals surface area contributed by atoms with E-state index >= 15 is 0 Å². The molecule has 0 aromatic carbocycles. The number of hydrogen-bond donors (Lipinski definition) is 1. The Hall–Kier alpha value is -1.38. The van der Waals surface area contributed by atoms with Crippen LogP contribution < -0.4 is 5.73 Å². The Morgan fingerprint density at radius 1 is 1.43 bits per heavy atom. The zero-order valence-electron chi connectivity index (χ0n) is 9.20. The fourth-order valence-corrected chi connectivity index (χ4v) is 1.15. The van der Waals surface area contributed by atoms with Crippen molar-refractivity contribution in [3.63, 3.8) is 0 Å². The molecular weight excluding hydrogens is 174 g/mol. The fourth-order valence-electron chi connectivity index (χ4n) is 1.15. The zero-order chi connectivity index (χ0) is 10.8. The standard InChI is InChI=1S/C11H17N3/c1-8-5-6-13-7-9(8)10(12)14-11(2,3)4/h5-7H,1-4H3,(H2,12,14). The van der Waals surface area contributed by atoms with Crippen LogP contribution in [0.4, 0.5) is 0 Å². The molecule has 0 bridgehead atoms. The lowest BCUT2D eigenvalue weighted by atomic mass is 10.1. The molecule has 0 saturated heterocycles. The molecule has 1 rings (SSSR count). The normalized spacial score (nSPS) is 13.0. The number of aryl methyl sites for hydroxylation is 1. The monoisotopic (exact) mass is 191 g/mol. The van der Waals surface area contributed by atoms with E-state index in [-0.39, 0.29) is 5.54 Å². The molecule has 3 nitrogen and oxygen atoms in total. The number of nitrogens with two attached hydrogens (primary N) is 1. The Morgan fingerprint density at radius 3 is 2.57 bits per heavy atom. The molecule has 1 aromatic rings. The van der Waals surface area contributed by atoms with E-state index in [0.717, 1.165) is 11.1 Å². The smallest absolute Gasteiger partial charge is 0.127 e. The third-order valence-electron chi connectivity index (χ3n) is 1.77. The van der Waals surface area contributed by atoms with E-state index in [2.05, 4.69) is 9.98 Å². The van der Waals surface area contributed by atoms with Crippen molar-refractivity contribution >= 4 is 5.84 Å². The number of pyridine rings is 1. The molecule has 0 spiro atoms. The van der Waals surface area contributed by atoms with Crippen molar-refractivity contribution in [2.75, 3.05) is 0 Å². The summed E-state index contributed by atoms with van der Waals surface area (Å²) in [5.41, 5.74) is 7.77. The van der Waals surface area contributed by atoms with Gasteiger partial charge in [-0.15, -0.1) is 0 Å². The van der Waals surface area contributed by atoms with Crippen molar-refractivity contribution in [1.82, 2.24) is 4.98 Å². The summed E-state index contributed by atoms with van der Waals surface area (Å²) in [5.74, 6) is 0.558. The van der Waals surface area contributed by atoms with Gasteiger partial charge < -0.3 is 5.73 Å². The van der Waals surface area contributed by atoms with Gasteiger partial charge in [-0.25, -0.2) is 0 Å². The highest BCUT2D eigenvalue weighted by Crippen LogP contribution is 2.10. The Morgan fingerprint density at radius 2 is 2.07 bits per heavy atom. The van der Waals surface area contributed by atoms with E-state index in [9.17, 15) is 0 Å². The summed E-state index contributed by atoms with van der Waals surface area (Å²) in [4.78, 5) is 8.43. The molecular formula is C11H17N3. The van der Waals surface area contributed by atoms with Gasteiger partial charge in [-0.2, -0.15) is 0 Å². The second-order valence-electron chi connectivity index (χ2n) is 4.36. The SMILES string of the molecule is Cc1ccncc1C(N)=NC(C)(C)C. The fraction of sp³-hybridized carbons (Fsp3) is 0.455. The van der Waals surface area contributed by atoms with E-state index in [1.807, 2.05) is 33.8 Å². The number of aliphatic imine (C=N–C) groups is 1. The van der Waals surface area contributed by atoms with Gasteiger partial charge in [0.25, 0.3) is 0 Å². The second kappa shape index (κ2) is 3.78. The van der Waals surface area contributed by atoms with E-state index in [1.54, 1.807) is 12.4 Å². The average molecular weight is 191 g/mol. The molecule has 0 amide bonds. The topological polar surface area (TPSA) is 51.3 Å². The Bertz CT molecular complexity index is 348. The molecule has 0 fully saturated rings. The van der Waals surface area contributed by atoms with Gasteiger partial charge >= 0.3 is 0 Å². The van der Waals surface area contributed by atoms with E-state index in [4.69, 9.17) is 5.73 Å². The average Bonchev–Trinajstić information content (AvgIpc) is 2.01. The Balaban J connectivity index is 3.07. The molecule has 0 radical (unpaired) electrons. The maximum absolute atomic E-state index is 5.89. The minimum Gasteiger partial charge on any atom is -0.383 e. The summed E-state index contributed by atoms with van der Waals surface area (Å²) in [6, 6.07) is 1.93. The summed E-state index contributed by atoms with van der Waals surface area (Å²) in [5, 5.41) is 0. The van der Waals surface area contributed by atoms with E-state index in [0.29, 0.717) is 5.84 Å². The van der Waals surface area contributed by atoms with Gasteiger partial charge in [-0.1, -0.05) is 0 Å².